The SMILES string of the molecule is CC(=O)NCc1ccc(S(=O)(=O)NNS(=O)(=O)c2ccc(C)cc2)cc1. The fourth-order valence-corrected chi connectivity index (χ4v) is 4.06. The van der Waals surface area contributed by atoms with E-state index < -0.39 is 20.0 Å². The van der Waals surface area contributed by atoms with Gasteiger partial charge in [0.1, 0.15) is 0 Å². The second-order valence-corrected chi connectivity index (χ2v) is 8.94. The first-order chi connectivity index (χ1) is 12.1. The molecule has 2 aromatic rings. The molecule has 2 aromatic carbocycles. The van der Waals surface area contributed by atoms with E-state index in [4.69, 9.17) is 0 Å². The van der Waals surface area contributed by atoms with E-state index in [2.05, 4.69) is 5.32 Å². The summed E-state index contributed by atoms with van der Waals surface area (Å²) in [5.41, 5.74) is 1.59. The molecule has 0 aromatic heterocycles. The summed E-state index contributed by atoms with van der Waals surface area (Å²) in [7, 11) is -8.12. The number of sulfonamides is 2. The van der Waals surface area contributed by atoms with E-state index in [9.17, 15) is 21.6 Å². The van der Waals surface area contributed by atoms with Crippen LogP contribution in [0.25, 0.3) is 0 Å². The first kappa shape index (κ1) is 20.0. The molecular formula is C16H19N3O5S2. The van der Waals surface area contributed by atoms with Crippen LogP contribution in [0.4, 0.5) is 0 Å². The molecule has 140 valence electrons. The number of rotatable bonds is 7. The number of amides is 1. The summed E-state index contributed by atoms with van der Waals surface area (Å²) >= 11 is 0. The summed E-state index contributed by atoms with van der Waals surface area (Å²) in [6.45, 7) is 3.45. The molecule has 0 aliphatic rings. The summed E-state index contributed by atoms with van der Waals surface area (Å²) in [4.78, 5) is 14.4. The van der Waals surface area contributed by atoms with Gasteiger partial charge in [-0.3, -0.25) is 4.79 Å². The largest absolute Gasteiger partial charge is 0.352 e. The number of aryl methyl sites for hydroxylation is 1. The Morgan fingerprint density at radius 2 is 1.23 bits per heavy atom. The van der Waals surface area contributed by atoms with Crippen LogP contribution in [0.15, 0.2) is 58.3 Å². The standard InChI is InChI=1S/C16H19N3O5S2/c1-12-3-7-15(8-4-12)25(21,22)18-19-26(23,24)16-9-5-14(6-10-16)11-17-13(2)20/h3-10,18-19H,11H2,1-2H3,(H,17,20). The molecule has 0 saturated heterocycles. The Morgan fingerprint density at radius 3 is 1.65 bits per heavy atom. The summed E-state index contributed by atoms with van der Waals surface area (Å²) < 4.78 is 48.8. The number of nitrogens with one attached hydrogen (secondary N) is 3. The number of hydrazine groups is 1. The Kier molecular flexibility index (Phi) is 6.13. The summed E-state index contributed by atoms with van der Waals surface area (Å²) in [6, 6.07) is 11.7. The second kappa shape index (κ2) is 7.96. The Bertz CT molecular complexity index is 983. The lowest BCUT2D eigenvalue weighted by molar-refractivity contribution is -0.119. The van der Waals surface area contributed by atoms with Gasteiger partial charge in [0.25, 0.3) is 20.0 Å². The van der Waals surface area contributed by atoms with Crippen LogP contribution in [-0.2, 0) is 31.4 Å². The molecule has 0 heterocycles. The van der Waals surface area contributed by atoms with Crippen LogP contribution in [0.3, 0.4) is 0 Å². The van der Waals surface area contributed by atoms with Gasteiger partial charge in [0.15, 0.2) is 0 Å². The minimum absolute atomic E-state index is 0.0588. The molecule has 0 aliphatic heterocycles. The van der Waals surface area contributed by atoms with Gasteiger partial charge in [-0.25, -0.2) is 16.8 Å². The van der Waals surface area contributed by atoms with Crippen molar-refractivity contribution in [2.24, 2.45) is 0 Å². The average Bonchev–Trinajstić information content (AvgIpc) is 2.59. The third-order valence-corrected chi connectivity index (χ3v) is 6.07. The number of carbonyl (C=O) groups is 1. The average molecular weight is 397 g/mol. The normalized spacial score (nSPS) is 11.9. The second-order valence-electron chi connectivity index (χ2n) is 5.58. The molecule has 0 spiro atoms. The molecule has 2 rings (SSSR count). The predicted octanol–water partition coefficient (Wildman–Crippen LogP) is 0.803. The van der Waals surface area contributed by atoms with Crippen molar-refractivity contribution in [1.82, 2.24) is 15.0 Å². The van der Waals surface area contributed by atoms with Crippen molar-refractivity contribution < 1.29 is 21.6 Å². The molecule has 0 aliphatic carbocycles. The molecule has 0 unspecified atom stereocenters. The third-order valence-electron chi connectivity index (χ3n) is 3.42. The maximum Gasteiger partial charge on any atom is 0.254 e. The lowest BCUT2D eigenvalue weighted by Crippen LogP contribution is -2.41. The molecule has 3 N–H and O–H groups in total. The van der Waals surface area contributed by atoms with E-state index in [-0.39, 0.29) is 22.2 Å². The fourth-order valence-electron chi connectivity index (χ4n) is 1.96. The van der Waals surface area contributed by atoms with E-state index in [1.54, 1.807) is 12.1 Å². The molecule has 0 radical (unpaired) electrons. The molecule has 0 atom stereocenters. The van der Waals surface area contributed by atoms with E-state index >= 15 is 0 Å². The molecule has 1 amide bonds. The summed E-state index contributed by atoms with van der Waals surface area (Å²) in [5.74, 6) is -0.200. The molecular weight excluding hydrogens is 378 g/mol. The smallest absolute Gasteiger partial charge is 0.254 e. The maximum atomic E-state index is 12.2. The molecule has 10 heteroatoms. The van der Waals surface area contributed by atoms with Gasteiger partial charge in [0, 0.05) is 13.5 Å². The number of carbonyl (C=O) groups excluding carboxylic acids is 1. The van der Waals surface area contributed by atoms with E-state index in [0.29, 0.717) is 5.56 Å². The van der Waals surface area contributed by atoms with Crippen molar-refractivity contribution in [3.63, 3.8) is 0 Å². The van der Waals surface area contributed by atoms with Gasteiger partial charge < -0.3 is 5.32 Å². The van der Waals surface area contributed by atoms with Crippen molar-refractivity contribution >= 4 is 26.0 Å². The summed E-state index contributed by atoms with van der Waals surface area (Å²) in [5, 5.41) is 2.59. The zero-order valence-corrected chi connectivity index (χ0v) is 15.8. The Morgan fingerprint density at radius 1 is 0.808 bits per heavy atom. The van der Waals surface area contributed by atoms with Gasteiger partial charge >= 0.3 is 0 Å². The predicted molar refractivity (Wildman–Crippen MR) is 95.8 cm³/mol. The lowest BCUT2D eigenvalue weighted by Gasteiger charge is -2.10. The highest BCUT2D eigenvalue weighted by Crippen LogP contribution is 2.12. The third kappa shape index (κ3) is 5.36. The minimum Gasteiger partial charge on any atom is -0.352 e. The highest BCUT2D eigenvalue weighted by Gasteiger charge is 2.19. The van der Waals surface area contributed by atoms with Crippen LogP contribution in [0, 0.1) is 6.92 Å². The van der Waals surface area contributed by atoms with Gasteiger partial charge in [-0.1, -0.05) is 29.8 Å². The van der Waals surface area contributed by atoms with Crippen LogP contribution in [0.5, 0.6) is 0 Å². The molecule has 0 fully saturated rings. The van der Waals surface area contributed by atoms with Crippen molar-refractivity contribution in [2.75, 3.05) is 0 Å². The number of hydrogen-bond acceptors (Lipinski definition) is 5. The van der Waals surface area contributed by atoms with Crippen LogP contribution in [-0.4, -0.2) is 22.7 Å². The van der Waals surface area contributed by atoms with Gasteiger partial charge in [-0.05, 0) is 36.8 Å². The van der Waals surface area contributed by atoms with Crippen molar-refractivity contribution in [3.05, 3.63) is 59.7 Å². The molecule has 0 bridgehead atoms. The molecule has 26 heavy (non-hydrogen) atoms. The first-order valence-corrected chi connectivity index (χ1v) is 10.5. The van der Waals surface area contributed by atoms with Crippen LogP contribution >= 0.6 is 0 Å². The summed E-state index contributed by atoms with van der Waals surface area (Å²) in [6.07, 6.45) is 0. The quantitative estimate of drug-likeness (QED) is 0.597. The van der Waals surface area contributed by atoms with Crippen molar-refractivity contribution in [3.8, 4) is 0 Å². The topological polar surface area (TPSA) is 121 Å². The fraction of sp³-hybridized carbons (Fsp3) is 0.188. The van der Waals surface area contributed by atoms with E-state index in [0.717, 1.165) is 5.56 Å². The van der Waals surface area contributed by atoms with Crippen LogP contribution in [0.2, 0.25) is 0 Å². The zero-order valence-electron chi connectivity index (χ0n) is 14.2. The Balaban J connectivity index is 2.08. The van der Waals surface area contributed by atoms with Gasteiger partial charge in [0.2, 0.25) is 5.91 Å². The first-order valence-electron chi connectivity index (χ1n) is 7.54. The van der Waals surface area contributed by atoms with Gasteiger partial charge in [0.05, 0.1) is 9.79 Å². The highest BCUT2D eigenvalue weighted by atomic mass is 32.2. The molecule has 0 saturated carbocycles. The van der Waals surface area contributed by atoms with Gasteiger partial charge in [-0.2, -0.15) is 0 Å². The van der Waals surface area contributed by atoms with Crippen LogP contribution in [0.1, 0.15) is 18.1 Å². The zero-order chi connectivity index (χ0) is 19.4. The Labute approximate surface area is 152 Å². The van der Waals surface area contributed by atoms with E-state index in [1.165, 1.54) is 43.3 Å². The number of hydrogen-bond donors (Lipinski definition) is 3. The monoisotopic (exact) mass is 397 g/mol. The Hall–Kier alpha value is -2.27. The van der Waals surface area contributed by atoms with Crippen molar-refractivity contribution in [1.29, 1.82) is 0 Å². The van der Waals surface area contributed by atoms with Crippen LogP contribution < -0.4 is 15.0 Å². The molecule has 8 nitrogen and oxygen atoms in total. The maximum absolute atomic E-state index is 12.2. The number of benzene rings is 2. The van der Waals surface area contributed by atoms with E-state index in [1.807, 2.05) is 16.6 Å². The lowest BCUT2D eigenvalue weighted by atomic mass is 10.2. The van der Waals surface area contributed by atoms with Gasteiger partial charge in [-0.15, -0.1) is 9.66 Å². The highest BCUT2D eigenvalue weighted by molar-refractivity contribution is 7.92. The van der Waals surface area contributed by atoms with Crippen molar-refractivity contribution in [2.45, 2.75) is 30.2 Å². The minimum atomic E-state index is -4.09.